The zero-order valence-corrected chi connectivity index (χ0v) is 14.7. The average molecular weight is 367 g/mol. The maximum absolute atomic E-state index is 9.39. The zero-order valence-electron chi connectivity index (χ0n) is 10.6. The third-order valence-electron chi connectivity index (χ3n) is 3.69. The molecule has 0 fully saturated rings. The van der Waals surface area contributed by atoms with Crippen molar-refractivity contribution in [3.05, 3.63) is 43.0 Å². The number of rotatable bonds is 4. The predicted molar refractivity (Wildman–Crippen MR) is 81.8 cm³/mol. The van der Waals surface area contributed by atoms with Crippen molar-refractivity contribution < 1.29 is 24.9 Å². The maximum Gasteiger partial charge on any atom is -0.147 e. The minimum absolute atomic E-state index is 0. The van der Waals surface area contributed by atoms with Gasteiger partial charge >= 0.3 is 102 Å². The van der Waals surface area contributed by atoms with Gasteiger partial charge in [-0.05, 0) is 0 Å². The molecule has 0 heterocycles. The molecule has 2 aliphatic carbocycles. The molecule has 2 rings (SSSR count). The normalized spacial score (nSPS) is 16.8. The van der Waals surface area contributed by atoms with Crippen LogP contribution in [0.2, 0.25) is 4.13 Å². The van der Waals surface area contributed by atoms with Crippen LogP contribution in [0.3, 0.4) is 0 Å². The molecule has 0 atom stereocenters. The Hall–Kier alpha value is 0.253. The number of allylic oxidation sites excluding steroid dienone is 8. The minimum Gasteiger partial charge on any atom is -0.147 e. The van der Waals surface area contributed by atoms with Gasteiger partial charge in [-0.25, -0.2) is 0 Å². The molecule has 0 bridgehead atoms. The van der Waals surface area contributed by atoms with Crippen LogP contribution in [0.15, 0.2) is 43.0 Å². The summed E-state index contributed by atoms with van der Waals surface area (Å²) < 4.78 is 6.72. The summed E-state index contributed by atoms with van der Waals surface area (Å²) in [5.74, 6) is 0. The molecule has 0 aromatic heterocycles. The summed E-state index contributed by atoms with van der Waals surface area (Å²) >= 11 is -2.53. The average Bonchev–Trinajstić information content (AvgIpc) is 2.98. The number of aliphatic hydroxyl groups is 1. The van der Waals surface area contributed by atoms with Gasteiger partial charge in [0.15, 0.2) is 0 Å². The molecule has 18 heavy (non-hydrogen) atoms. The molecule has 1 nitrogen and oxygen atoms in total. The molecule has 0 saturated carbocycles. The van der Waals surface area contributed by atoms with Crippen molar-refractivity contribution in [2.75, 3.05) is 6.61 Å². The first-order valence-electron chi connectivity index (χ1n) is 5.97. The van der Waals surface area contributed by atoms with Crippen molar-refractivity contribution >= 4 is 28.5 Å². The van der Waals surface area contributed by atoms with Gasteiger partial charge in [-0.3, -0.25) is 0 Å². The molecule has 0 aliphatic heterocycles. The van der Waals surface area contributed by atoms with Gasteiger partial charge in [-0.15, -0.1) is 24.8 Å². The number of hydrogen-bond acceptors (Lipinski definition) is 1. The van der Waals surface area contributed by atoms with E-state index in [4.69, 9.17) is 0 Å². The molecule has 0 aromatic rings. The van der Waals surface area contributed by atoms with Crippen LogP contribution in [0.1, 0.15) is 19.8 Å². The Balaban J connectivity index is 0.00000144. The molecule has 0 radical (unpaired) electrons. The van der Waals surface area contributed by atoms with Crippen LogP contribution in [0.4, 0.5) is 0 Å². The summed E-state index contributed by atoms with van der Waals surface area (Å²) in [6.45, 7) is 2.53. The van der Waals surface area contributed by atoms with Crippen LogP contribution in [0.25, 0.3) is 0 Å². The van der Waals surface area contributed by atoms with E-state index < -0.39 is 19.8 Å². The summed E-state index contributed by atoms with van der Waals surface area (Å²) in [6.07, 6.45) is 15.6. The Bertz CT molecular complexity index is 411. The Morgan fingerprint density at radius 1 is 1.11 bits per heavy atom. The van der Waals surface area contributed by atoms with E-state index >= 15 is 0 Å². The predicted octanol–water partition coefficient (Wildman–Crippen LogP) is 3.90. The van der Waals surface area contributed by atoms with Crippen LogP contribution in [0, 0.1) is 0 Å². The summed E-state index contributed by atoms with van der Waals surface area (Å²) in [5.41, 5.74) is 0. The van der Waals surface area contributed by atoms with E-state index in [-0.39, 0.29) is 24.8 Å². The molecule has 4 heteroatoms. The van der Waals surface area contributed by atoms with Crippen LogP contribution in [-0.4, -0.2) is 15.4 Å². The molecule has 0 amide bonds. The van der Waals surface area contributed by atoms with E-state index in [1.807, 2.05) is 0 Å². The number of halogens is 2. The fourth-order valence-electron chi connectivity index (χ4n) is 2.77. The first-order valence-corrected chi connectivity index (χ1v) is 11.6. The van der Waals surface area contributed by atoms with E-state index in [0.29, 0.717) is 6.61 Å². The second-order valence-corrected chi connectivity index (χ2v) is 15.0. The molecule has 0 spiro atoms. The van der Waals surface area contributed by atoms with Crippen molar-refractivity contribution in [3.8, 4) is 0 Å². The van der Waals surface area contributed by atoms with Gasteiger partial charge in [0.05, 0.1) is 0 Å². The number of aliphatic hydroxyl groups excluding tert-OH is 1. The summed E-state index contributed by atoms with van der Waals surface area (Å²) in [7, 11) is 0. The van der Waals surface area contributed by atoms with E-state index in [1.54, 1.807) is 6.56 Å². The van der Waals surface area contributed by atoms with Crippen molar-refractivity contribution in [2.24, 2.45) is 0 Å². The second-order valence-electron chi connectivity index (χ2n) is 4.38. The Labute approximate surface area is 126 Å². The minimum atomic E-state index is -2.53. The zero-order chi connectivity index (χ0) is 11.4. The third kappa shape index (κ3) is 3.42. The van der Waals surface area contributed by atoms with Crippen LogP contribution < -0.4 is 0 Å². The molecule has 101 valence electrons. The fraction of sp³-hybridized carbons (Fsp3) is 0.357. The van der Waals surface area contributed by atoms with Crippen molar-refractivity contribution in [1.29, 1.82) is 0 Å². The second kappa shape index (κ2) is 8.43. The van der Waals surface area contributed by atoms with Crippen molar-refractivity contribution in [2.45, 2.75) is 23.9 Å². The first-order chi connectivity index (χ1) is 7.83. The fourth-order valence-corrected chi connectivity index (χ4v) is 13.1. The monoisotopic (exact) mass is 365 g/mol. The number of hydrogen-bond donors (Lipinski definition) is 1. The molecule has 0 unspecified atom stereocenters. The largest absolute Gasteiger partial charge is 0.147 e. The first kappa shape index (κ1) is 18.3. The molecule has 0 saturated heterocycles. The molecule has 2 aliphatic rings. The summed E-state index contributed by atoms with van der Waals surface area (Å²) in [6, 6.07) is 0. The quantitative estimate of drug-likeness (QED) is 0.799. The Morgan fingerprint density at radius 3 is 1.89 bits per heavy atom. The van der Waals surface area contributed by atoms with Crippen LogP contribution in [0.5, 0.6) is 0 Å². The van der Waals surface area contributed by atoms with Crippen molar-refractivity contribution in [3.63, 3.8) is 0 Å². The van der Waals surface area contributed by atoms with Gasteiger partial charge in [0.1, 0.15) is 0 Å². The van der Waals surface area contributed by atoms with Gasteiger partial charge in [-0.2, -0.15) is 0 Å². The van der Waals surface area contributed by atoms with Crippen molar-refractivity contribution in [1.82, 2.24) is 0 Å². The summed E-state index contributed by atoms with van der Waals surface area (Å²) in [5, 5.41) is 9.39. The standard InChI is InChI=1S/2C5H5.C2H5O.C2H4.2ClH.Zr/c2*1-2-4-5-3-1;1-2-3;1-2;;;/h2*1-3H,4H2;3H,1-2H2;1H,2H3;2*1H;. The summed E-state index contributed by atoms with van der Waals surface area (Å²) in [4.78, 5) is 0. The Kier molecular flexibility index (Phi) is 8.55. The SMILES string of the molecule is C[CH]=[Zr]([CH2]CO)([C]1=CC=CC1)[C]1=CC=CC1.Cl.Cl. The van der Waals surface area contributed by atoms with E-state index in [2.05, 4.69) is 47.1 Å². The van der Waals surface area contributed by atoms with E-state index in [1.165, 1.54) is 0 Å². The Morgan fingerprint density at radius 2 is 1.61 bits per heavy atom. The van der Waals surface area contributed by atoms with Gasteiger partial charge < -0.3 is 0 Å². The maximum atomic E-state index is 9.39. The van der Waals surface area contributed by atoms with Gasteiger partial charge in [0.25, 0.3) is 0 Å². The molecule has 1 N–H and O–H groups in total. The van der Waals surface area contributed by atoms with Gasteiger partial charge in [0.2, 0.25) is 0 Å². The van der Waals surface area contributed by atoms with E-state index in [9.17, 15) is 5.11 Å². The van der Waals surface area contributed by atoms with E-state index in [0.717, 1.165) is 17.0 Å². The molecular weight excluding hydrogens is 346 g/mol. The molecule has 0 aromatic carbocycles. The van der Waals surface area contributed by atoms with Crippen LogP contribution >= 0.6 is 24.8 Å². The smallest absolute Gasteiger partial charge is 0.147 e. The topological polar surface area (TPSA) is 20.2 Å². The van der Waals surface area contributed by atoms with Gasteiger partial charge in [-0.1, -0.05) is 0 Å². The van der Waals surface area contributed by atoms with Gasteiger partial charge in [0, 0.05) is 0 Å². The molecular formula is C14H21Cl2OZr. The third-order valence-corrected chi connectivity index (χ3v) is 16.1. The van der Waals surface area contributed by atoms with Crippen LogP contribution in [-0.2, 0) is 19.8 Å².